The first-order chi connectivity index (χ1) is 8.68. The third-order valence-corrected chi connectivity index (χ3v) is 5.45. The van der Waals surface area contributed by atoms with Crippen LogP contribution in [0.4, 0.5) is 8.78 Å². The molecule has 96 valence electrons. The quantitative estimate of drug-likeness (QED) is 0.854. The molecule has 3 aliphatic rings. The summed E-state index contributed by atoms with van der Waals surface area (Å²) < 4.78 is 27.4. The molecule has 4 rings (SSSR count). The second-order valence-electron chi connectivity index (χ2n) is 6.15. The van der Waals surface area contributed by atoms with Gasteiger partial charge in [-0.05, 0) is 61.0 Å². The molecule has 1 nitrogen and oxygen atoms in total. The normalized spacial score (nSPS) is 41.8. The van der Waals surface area contributed by atoms with Crippen molar-refractivity contribution in [1.29, 1.82) is 0 Å². The Balaban J connectivity index is 1.64. The standard InChI is InChI=1S/C15H16F2O/c16-9-2-1-3-10(17)13(9)15(18)14-11-7-4-5-8(6-7)12(11)14/h1-3,7-8,11-12,14-15,18H,4-6H2. The number of hydrogen-bond donors (Lipinski definition) is 1. The molecule has 0 aliphatic heterocycles. The molecule has 3 fully saturated rings. The van der Waals surface area contributed by atoms with Gasteiger partial charge < -0.3 is 5.11 Å². The van der Waals surface area contributed by atoms with E-state index in [1.807, 2.05) is 0 Å². The Labute approximate surface area is 105 Å². The number of fused-ring (bicyclic) bond motifs is 5. The van der Waals surface area contributed by atoms with Crippen molar-refractivity contribution in [3.63, 3.8) is 0 Å². The van der Waals surface area contributed by atoms with E-state index in [1.165, 1.54) is 37.5 Å². The van der Waals surface area contributed by atoms with Gasteiger partial charge in [0.2, 0.25) is 0 Å². The summed E-state index contributed by atoms with van der Waals surface area (Å²) in [7, 11) is 0. The molecule has 1 aromatic rings. The Morgan fingerprint density at radius 1 is 1.06 bits per heavy atom. The average molecular weight is 250 g/mol. The van der Waals surface area contributed by atoms with Crippen molar-refractivity contribution in [3.05, 3.63) is 35.4 Å². The molecule has 0 amide bonds. The summed E-state index contributed by atoms with van der Waals surface area (Å²) in [5, 5.41) is 10.3. The number of benzene rings is 1. The highest BCUT2D eigenvalue weighted by Gasteiger charge is 2.67. The Bertz CT molecular complexity index is 465. The summed E-state index contributed by atoms with van der Waals surface area (Å²) >= 11 is 0. The van der Waals surface area contributed by atoms with Gasteiger partial charge in [0, 0.05) is 0 Å². The van der Waals surface area contributed by atoms with Gasteiger partial charge in [-0.3, -0.25) is 0 Å². The maximum atomic E-state index is 13.7. The Hall–Kier alpha value is -0.960. The third-order valence-electron chi connectivity index (χ3n) is 5.45. The molecule has 2 bridgehead atoms. The average Bonchev–Trinajstić information content (AvgIpc) is 2.78. The van der Waals surface area contributed by atoms with Crippen LogP contribution in [0.1, 0.15) is 30.9 Å². The first-order valence-electron chi connectivity index (χ1n) is 6.80. The van der Waals surface area contributed by atoms with E-state index < -0.39 is 17.7 Å². The smallest absolute Gasteiger partial charge is 0.131 e. The van der Waals surface area contributed by atoms with E-state index in [4.69, 9.17) is 0 Å². The van der Waals surface area contributed by atoms with Crippen LogP contribution in [0.3, 0.4) is 0 Å². The second kappa shape index (κ2) is 3.53. The number of hydrogen-bond acceptors (Lipinski definition) is 1. The summed E-state index contributed by atoms with van der Waals surface area (Å²) in [5.74, 6) is 1.33. The van der Waals surface area contributed by atoms with Gasteiger partial charge in [-0.2, -0.15) is 0 Å². The Morgan fingerprint density at radius 2 is 1.61 bits per heavy atom. The minimum Gasteiger partial charge on any atom is -0.388 e. The molecule has 5 unspecified atom stereocenters. The molecule has 5 atom stereocenters. The van der Waals surface area contributed by atoms with Crippen molar-refractivity contribution in [2.75, 3.05) is 0 Å². The zero-order valence-corrected chi connectivity index (χ0v) is 10.0. The van der Waals surface area contributed by atoms with Gasteiger partial charge in [0.05, 0.1) is 11.7 Å². The molecular formula is C15H16F2O. The molecule has 1 N–H and O–H groups in total. The van der Waals surface area contributed by atoms with Crippen molar-refractivity contribution in [2.24, 2.45) is 29.6 Å². The van der Waals surface area contributed by atoms with Crippen LogP contribution in [0.5, 0.6) is 0 Å². The highest BCUT2D eigenvalue weighted by molar-refractivity contribution is 5.27. The van der Waals surface area contributed by atoms with Crippen molar-refractivity contribution < 1.29 is 13.9 Å². The van der Waals surface area contributed by atoms with E-state index in [1.54, 1.807) is 0 Å². The van der Waals surface area contributed by atoms with Crippen LogP contribution in [-0.2, 0) is 0 Å². The van der Waals surface area contributed by atoms with Crippen LogP contribution in [0, 0.1) is 41.2 Å². The molecule has 3 heteroatoms. The maximum Gasteiger partial charge on any atom is 0.131 e. The van der Waals surface area contributed by atoms with E-state index >= 15 is 0 Å². The zero-order chi connectivity index (χ0) is 12.4. The molecule has 0 heterocycles. The number of halogens is 2. The van der Waals surface area contributed by atoms with E-state index in [2.05, 4.69) is 0 Å². The van der Waals surface area contributed by atoms with Crippen LogP contribution in [0.2, 0.25) is 0 Å². The second-order valence-corrected chi connectivity index (χ2v) is 6.15. The minimum atomic E-state index is -0.954. The number of aliphatic hydroxyl groups excluding tert-OH is 1. The molecule has 3 aliphatic carbocycles. The number of aliphatic hydroxyl groups is 1. The molecule has 1 aromatic carbocycles. The van der Waals surface area contributed by atoms with Crippen molar-refractivity contribution in [2.45, 2.75) is 25.4 Å². The molecule has 18 heavy (non-hydrogen) atoms. The lowest BCUT2D eigenvalue weighted by atomic mass is 9.94. The fraction of sp³-hybridized carbons (Fsp3) is 0.600. The molecule has 0 radical (unpaired) electrons. The molecule has 0 saturated heterocycles. The van der Waals surface area contributed by atoms with Gasteiger partial charge >= 0.3 is 0 Å². The Morgan fingerprint density at radius 3 is 2.17 bits per heavy atom. The van der Waals surface area contributed by atoms with Crippen LogP contribution >= 0.6 is 0 Å². The van der Waals surface area contributed by atoms with Crippen LogP contribution in [-0.4, -0.2) is 5.11 Å². The van der Waals surface area contributed by atoms with Gasteiger partial charge in [-0.1, -0.05) is 6.07 Å². The first kappa shape index (κ1) is 10.9. The lowest BCUT2D eigenvalue weighted by Crippen LogP contribution is -2.11. The van der Waals surface area contributed by atoms with Gasteiger partial charge in [-0.15, -0.1) is 0 Å². The van der Waals surface area contributed by atoms with Crippen molar-refractivity contribution in [3.8, 4) is 0 Å². The summed E-state index contributed by atoms with van der Waals surface area (Å²) in [4.78, 5) is 0. The van der Waals surface area contributed by atoms with Gasteiger partial charge in [-0.25, -0.2) is 8.78 Å². The topological polar surface area (TPSA) is 20.2 Å². The monoisotopic (exact) mass is 250 g/mol. The maximum absolute atomic E-state index is 13.7. The molecule has 0 aromatic heterocycles. The molecule has 3 saturated carbocycles. The summed E-state index contributed by atoms with van der Waals surface area (Å²) in [6, 6.07) is 3.81. The highest BCUT2D eigenvalue weighted by atomic mass is 19.1. The molecule has 0 spiro atoms. The van der Waals surface area contributed by atoms with Gasteiger partial charge in [0.1, 0.15) is 11.6 Å². The SMILES string of the molecule is OC(c1c(F)cccc1F)C1C2C3CCC(C3)C21. The van der Waals surface area contributed by atoms with Gasteiger partial charge in [0.15, 0.2) is 0 Å². The lowest BCUT2D eigenvalue weighted by Gasteiger charge is -2.16. The fourth-order valence-electron chi connectivity index (χ4n) is 4.80. The lowest BCUT2D eigenvalue weighted by molar-refractivity contribution is 0.121. The minimum absolute atomic E-state index is 0.0997. The van der Waals surface area contributed by atoms with Crippen LogP contribution in [0.15, 0.2) is 18.2 Å². The van der Waals surface area contributed by atoms with E-state index in [0.29, 0.717) is 23.7 Å². The summed E-state index contributed by atoms with van der Waals surface area (Å²) in [5.41, 5.74) is -0.115. The van der Waals surface area contributed by atoms with Crippen LogP contribution in [0.25, 0.3) is 0 Å². The van der Waals surface area contributed by atoms with Crippen molar-refractivity contribution >= 4 is 0 Å². The fourth-order valence-corrected chi connectivity index (χ4v) is 4.80. The molecular weight excluding hydrogens is 234 g/mol. The van der Waals surface area contributed by atoms with E-state index in [0.717, 1.165) is 0 Å². The predicted molar refractivity (Wildman–Crippen MR) is 62.6 cm³/mol. The zero-order valence-electron chi connectivity index (χ0n) is 10.0. The first-order valence-corrected chi connectivity index (χ1v) is 6.80. The Kier molecular flexibility index (Phi) is 2.14. The highest BCUT2D eigenvalue weighted by Crippen LogP contribution is 2.72. The predicted octanol–water partition coefficient (Wildman–Crippen LogP) is 3.29. The largest absolute Gasteiger partial charge is 0.388 e. The van der Waals surface area contributed by atoms with Gasteiger partial charge in [0.25, 0.3) is 0 Å². The third kappa shape index (κ3) is 1.28. The summed E-state index contributed by atoms with van der Waals surface area (Å²) in [6.07, 6.45) is 2.81. The van der Waals surface area contributed by atoms with Crippen LogP contribution < -0.4 is 0 Å². The summed E-state index contributed by atoms with van der Waals surface area (Å²) in [6.45, 7) is 0. The number of rotatable bonds is 2. The van der Waals surface area contributed by atoms with E-state index in [9.17, 15) is 13.9 Å². The van der Waals surface area contributed by atoms with E-state index in [-0.39, 0.29) is 11.5 Å². The van der Waals surface area contributed by atoms with Crippen molar-refractivity contribution in [1.82, 2.24) is 0 Å².